The standard InChI is InChI=1S/C25H38N2O2/c1-15(27-21(29)25-11-9-19(13-25)23(6,7)17(25)3)14-26-20(28)24-10-8-18(12-24)22(4,5)16(24)2/h15,18-19H,2-3,8-14H2,1,4-7H3,(H,26,28)(H,27,29)/t15-,18-,19+,24-,25+/m1/s1. The van der Waals surface area contributed by atoms with Crippen molar-refractivity contribution in [1.82, 2.24) is 10.6 Å². The van der Waals surface area contributed by atoms with Crippen molar-refractivity contribution in [2.24, 2.45) is 33.5 Å². The summed E-state index contributed by atoms with van der Waals surface area (Å²) in [5.74, 6) is 1.32. The van der Waals surface area contributed by atoms with Gasteiger partial charge in [0, 0.05) is 12.6 Å². The molecule has 0 aromatic heterocycles. The number of carbonyl (C=O) groups is 2. The summed E-state index contributed by atoms with van der Waals surface area (Å²) in [7, 11) is 0. The van der Waals surface area contributed by atoms with Crippen LogP contribution in [-0.2, 0) is 9.59 Å². The highest BCUT2D eigenvalue weighted by Crippen LogP contribution is 2.66. The van der Waals surface area contributed by atoms with Gasteiger partial charge in [-0.05, 0) is 68.1 Å². The van der Waals surface area contributed by atoms with Crippen molar-refractivity contribution in [3.63, 3.8) is 0 Å². The number of nitrogens with one attached hydrogen (secondary N) is 2. The highest BCUT2D eigenvalue weighted by molar-refractivity contribution is 5.89. The molecule has 0 saturated heterocycles. The zero-order chi connectivity index (χ0) is 21.4. The first-order chi connectivity index (χ1) is 13.4. The fourth-order valence-corrected chi connectivity index (χ4v) is 7.11. The van der Waals surface area contributed by atoms with Crippen LogP contribution in [0.2, 0.25) is 0 Å². The lowest BCUT2D eigenvalue weighted by molar-refractivity contribution is -0.131. The molecule has 4 saturated carbocycles. The second-order valence-electron chi connectivity index (χ2n) is 11.5. The van der Waals surface area contributed by atoms with Gasteiger partial charge in [-0.2, -0.15) is 0 Å². The van der Waals surface area contributed by atoms with Crippen LogP contribution in [0, 0.1) is 33.5 Å². The molecule has 4 bridgehead atoms. The summed E-state index contributed by atoms with van der Waals surface area (Å²) >= 11 is 0. The van der Waals surface area contributed by atoms with Gasteiger partial charge in [-0.1, -0.05) is 52.0 Å². The van der Waals surface area contributed by atoms with Gasteiger partial charge in [-0.25, -0.2) is 0 Å². The topological polar surface area (TPSA) is 58.2 Å². The lowest BCUT2D eigenvalue weighted by Crippen LogP contribution is -2.50. The van der Waals surface area contributed by atoms with E-state index in [1.165, 1.54) is 0 Å². The van der Waals surface area contributed by atoms with E-state index in [2.05, 4.69) is 51.5 Å². The van der Waals surface area contributed by atoms with Gasteiger partial charge in [0.25, 0.3) is 0 Å². The molecule has 0 aromatic carbocycles. The van der Waals surface area contributed by atoms with Gasteiger partial charge < -0.3 is 10.6 Å². The van der Waals surface area contributed by atoms with Crippen LogP contribution in [-0.4, -0.2) is 24.4 Å². The molecule has 0 unspecified atom stereocenters. The fraction of sp³-hybridized carbons (Fsp3) is 0.760. The molecule has 4 heteroatoms. The Labute approximate surface area is 176 Å². The van der Waals surface area contributed by atoms with E-state index in [1.807, 2.05) is 6.92 Å². The average molecular weight is 399 g/mol. The van der Waals surface area contributed by atoms with Gasteiger partial charge in [0.05, 0.1) is 10.8 Å². The highest BCUT2D eigenvalue weighted by atomic mass is 16.2. The molecule has 0 heterocycles. The van der Waals surface area contributed by atoms with Gasteiger partial charge in [-0.15, -0.1) is 0 Å². The van der Waals surface area contributed by atoms with E-state index in [0.717, 1.165) is 49.7 Å². The summed E-state index contributed by atoms with van der Waals surface area (Å²) in [6.07, 6.45) is 5.86. The fourth-order valence-electron chi connectivity index (χ4n) is 7.11. The van der Waals surface area contributed by atoms with E-state index in [9.17, 15) is 9.59 Å². The minimum absolute atomic E-state index is 0.0425. The molecule has 0 radical (unpaired) electrons. The molecule has 0 aromatic rings. The summed E-state index contributed by atoms with van der Waals surface area (Å²) in [5, 5.41) is 6.32. The van der Waals surface area contributed by atoms with Gasteiger partial charge in [0.2, 0.25) is 11.8 Å². The molecule has 2 amide bonds. The minimum atomic E-state index is -0.409. The zero-order valence-corrected chi connectivity index (χ0v) is 18.9. The molecule has 4 nitrogen and oxygen atoms in total. The average Bonchev–Trinajstić information content (AvgIpc) is 3.37. The predicted molar refractivity (Wildman–Crippen MR) is 116 cm³/mol. The van der Waals surface area contributed by atoms with Crippen LogP contribution in [0.15, 0.2) is 24.3 Å². The first-order valence-electron chi connectivity index (χ1n) is 11.4. The molecular weight excluding hydrogens is 360 g/mol. The third-order valence-electron chi connectivity index (χ3n) is 9.60. The number of rotatable bonds is 5. The van der Waals surface area contributed by atoms with Crippen molar-refractivity contribution in [1.29, 1.82) is 0 Å². The first-order valence-corrected chi connectivity index (χ1v) is 11.4. The number of amides is 2. The third kappa shape index (κ3) is 2.63. The van der Waals surface area contributed by atoms with Crippen LogP contribution in [0.4, 0.5) is 0 Å². The van der Waals surface area contributed by atoms with Gasteiger partial charge >= 0.3 is 0 Å². The molecule has 29 heavy (non-hydrogen) atoms. The zero-order valence-electron chi connectivity index (χ0n) is 18.9. The summed E-state index contributed by atoms with van der Waals surface area (Å²) in [5.41, 5.74) is 1.46. The molecule has 160 valence electrons. The second-order valence-corrected chi connectivity index (χ2v) is 11.5. The van der Waals surface area contributed by atoms with Crippen molar-refractivity contribution in [2.45, 2.75) is 79.2 Å². The molecule has 4 aliphatic rings. The summed E-state index contributed by atoms with van der Waals surface area (Å²) in [4.78, 5) is 26.3. The molecule has 0 aliphatic heterocycles. The Morgan fingerprint density at radius 2 is 1.38 bits per heavy atom. The van der Waals surface area contributed by atoms with Crippen molar-refractivity contribution in [3.8, 4) is 0 Å². The quantitative estimate of drug-likeness (QED) is 0.676. The Hall–Kier alpha value is -1.58. The molecule has 5 atom stereocenters. The molecule has 4 fully saturated rings. The summed E-state index contributed by atoms with van der Waals surface area (Å²) in [6.45, 7) is 20.0. The van der Waals surface area contributed by atoms with Crippen LogP contribution < -0.4 is 10.6 Å². The normalized spacial score (nSPS) is 39.6. The summed E-state index contributed by atoms with van der Waals surface area (Å²) in [6, 6.07) is -0.104. The Kier molecular flexibility index (Phi) is 4.43. The van der Waals surface area contributed by atoms with Gasteiger partial charge in [0.15, 0.2) is 0 Å². The lowest BCUT2D eigenvalue weighted by atomic mass is 9.68. The van der Waals surface area contributed by atoms with E-state index >= 15 is 0 Å². The number of hydrogen-bond donors (Lipinski definition) is 2. The maximum atomic E-state index is 13.2. The Bertz CT molecular complexity index is 795. The molecular formula is C25H38N2O2. The van der Waals surface area contributed by atoms with E-state index in [0.29, 0.717) is 18.4 Å². The van der Waals surface area contributed by atoms with Crippen molar-refractivity contribution in [3.05, 3.63) is 24.3 Å². The molecule has 4 rings (SSSR count). The highest BCUT2D eigenvalue weighted by Gasteiger charge is 2.62. The van der Waals surface area contributed by atoms with Crippen LogP contribution >= 0.6 is 0 Å². The molecule has 4 aliphatic carbocycles. The summed E-state index contributed by atoms with van der Waals surface area (Å²) < 4.78 is 0. The number of fused-ring (bicyclic) bond motifs is 4. The first kappa shape index (κ1) is 20.7. The number of carbonyl (C=O) groups excluding carboxylic acids is 2. The Morgan fingerprint density at radius 3 is 1.79 bits per heavy atom. The van der Waals surface area contributed by atoms with Crippen LogP contribution in [0.3, 0.4) is 0 Å². The van der Waals surface area contributed by atoms with Gasteiger partial charge in [0.1, 0.15) is 0 Å². The number of hydrogen-bond acceptors (Lipinski definition) is 2. The second kappa shape index (κ2) is 6.21. The van der Waals surface area contributed by atoms with E-state index in [1.54, 1.807) is 0 Å². The molecule has 0 spiro atoms. The maximum absolute atomic E-state index is 13.2. The van der Waals surface area contributed by atoms with Gasteiger partial charge in [-0.3, -0.25) is 9.59 Å². The van der Waals surface area contributed by atoms with E-state index in [4.69, 9.17) is 0 Å². The monoisotopic (exact) mass is 398 g/mol. The van der Waals surface area contributed by atoms with Crippen molar-refractivity contribution >= 4 is 11.8 Å². The van der Waals surface area contributed by atoms with Crippen LogP contribution in [0.1, 0.15) is 73.1 Å². The van der Waals surface area contributed by atoms with Crippen molar-refractivity contribution < 1.29 is 9.59 Å². The van der Waals surface area contributed by atoms with Crippen molar-refractivity contribution in [2.75, 3.05) is 6.54 Å². The van der Waals surface area contributed by atoms with E-state index < -0.39 is 10.8 Å². The third-order valence-corrected chi connectivity index (χ3v) is 9.60. The van der Waals surface area contributed by atoms with E-state index in [-0.39, 0.29) is 28.7 Å². The lowest BCUT2D eigenvalue weighted by Gasteiger charge is -2.38. The van der Waals surface area contributed by atoms with Crippen LogP contribution in [0.5, 0.6) is 0 Å². The predicted octanol–water partition coefficient (Wildman–Crippen LogP) is 4.37. The minimum Gasteiger partial charge on any atom is -0.353 e. The Balaban J connectivity index is 1.36. The molecule has 2 N–H and O–H groups in total. The maximum Gasteiger partial charge on any atom is 0.230 e. The van der Waals surface area contributed by atoms with Crippen LogP contribution in [0.25, 0.3) is 0 Å². The largest absolute Gasteiger partial charge is 0.353 e. The Morgan fingerprint density at radius 1 is 0.931 bits per heavy atom. The SMILES string of the molecule is C=C1C(C)(C)[C@@H]2CC[C@@]1(C(=O)NC[C@@H](C)NC(=O)[C@@]13CC[C@@H](C1)C(C)(C)C3=C)C2. The smallest absolute Gasteiger partial charge is 0.230 e.